The standard InChI is InChI=1S/C20H20FN3O3/c1-2-8-23-11-13(10-18(23)25)20(26)24-9-7-17-15(12-24)19(22-27-17)14-5-3-4-6-16(14)21/h2-6,13H,1,7-12H2/t13-/m1/s1. The molecule has 6 nitrogen and oxygen atoms in total. The van der Waals surface area contributed by atoms with Crippen molar-refractivity contribution in [1.82, 2.24) is 15.0 Å². The smallest absolute Gasteiger partial charge is 0.228 e. The highest BCUT2D eigenvalue weighted by atomic mass is 19.1. The minimum atomic E-state index is -0.376. The summed E-state index contributed by atoms with van der Waals surface area (Å²) in [7, 11) is 0. The average Bonchev–Trinajstić information content (AvgIpc) is 3.25. The number of nitrogens with zero attached hydrogens (tertiary/aromatic N) is 3. The van der Waals surface area contributed by atoms with E-state index < -0.39 is 0 Å². The maximum atomic E-state index is 14.2. The maximum absolute atomic E-state index is 14.2. The van der Waals surface area contributed by atoms with Gasteiger partial charge in [-0.25, -0.2) is 4.39 Å². The molecule has 3 heterocycles. The van der Waals surface area contributed by atoms with Gasteiger partial charge in [0.05, 0.1) is 12.5 Å². The van der Waals surface area contributed by atoms with Gasteiger partial charge in [0.15, 0.2) is 0 Å². The van der Waals surface area contributed by atoms with Crippen LogP contribution in [0.15, 0.2) is 41.4 Å². The van der Waals surface area contributed by atoms with Gasteiger partial charge in [0.2, 0.25) is 11.8 Å². The van der Waals surface area contributed by atoms with Gasteiger partial charge >= 0.3 is 0 Å². The Morgan fingerprint density at radius 1 is 1.41 bits per heavy atom. The lowest BCUT2D eigenvalue weighted by atomic mass is 9.99. The summed E-state index contributed by atoms with van der Waals surface area (Å²) < 4.78 is 19.6. The Bertz CT molecular complexity index is 908. The summed E-state index contributed by atoms with van der Waals surface area (Å²) >= 11 is 0. The summed E-state index contributed by atoms with van der Waals surface area (Å²) in [6, 6.07) is 6.38. The van der Waals surface area contributed by atoms with Crippen molar-refractivity contribution in [3.8, 4) is 11.3 Å². The van der Waals surface area contributed by atoms with Gasteiger partial charge in [-0.3, -0.25) is 9.59 Å². The molecule has 2 aromatic rings. The fraction of sp³-hybridized carbons (Fsp3) is 0.350. The van der Waals surface area contributed by atoms with Crippen LogP contribution in [0.4, 0.5) is 4.39 Å². The van der Waals surface area contributed by atoms with Gasteiger partial charge < -0.3 is 14.3 Å². The zero-order valence-electron chi connectivity index (χ0n) is 14.9. The molecule has 4 rings (SSSR count). The highest BCUT2D eigenvalue weighted by Gasteiger charge is 2.38. The molecule has 1 aromatic carbocycles. The summed E-state index contributed by atoms with van der Waals surface area (Å²) in [6.07, 6.45) is 2.41. The van der Waals surface area contributed by atoms with E-state index in [1.807, 2.05) is 0 Å². The van der Waals surface area contributed by atoms with Crippen LogP contribution >= 0.6 is 0 Å². The molecule has 2 amide bonds. The molecule has 27 heavy (non-hydrogen) atoms. The van der Waals surface area contributed by atoms with Gasteiger partial charge in [0, 0.05) is 43.6 Å². The van der Waals surface area contributed by atoms with Gasteiger partial charge in [-0.05, 0) is 12.1 Å². The van der Waals surface area contributed by atoms with E-state index in [0.717, 1.165) is 5.56 Å². The summed E-state index contributed by atoms with van der Waals surface area (Å²) in [5, 5.41) is 4.04. The molecular formula is C20H20FN3O3. The third kappa shape index (κ3) is 3.13. The maximum Gasteiger partial charge on any atom is 0.228 e. The lowest BCUT2D eigenvalue weighted by molar-refractivity contribution is -0.136. The molecule has 7 heteroatoms. The molecule has 0 saturated carbocycles. The fourth-order valence-electron chi connectivity index (χ4n) is 3.79. The molecule has 2 aliphatic rings. The number of aromatic nitrogens is 1. The molecule has 0 bridgehead atoms. The number of likely N-dealkylation sites (tertiary alicyclic amines) is 1. The van der Waals surface area contributed by atoms with E-state index in [9.17, 15) is 14.0 Å². The lowest BCUT2D eigenvalue weighted by Gasteiger charge is -2.28. The van der Waals surface area contributed by atoms with Crippen molar-refractivity contribution in [1.29, 1.82) is 0 Å². The molecule has 1 fully saturated rings. The topological polar surface area (TPSA) is 66.7 Å². The van der Waals surface area contributed by atoms with Crippen molar-refractivity contribution in [3.63, 3.8) is 0 Å². The molecule has 0 unspecified atom stereocenters. The first kappa shape index (κ1) is 17.5. The third-order valence-electron chi connectivity index (χ3n) is 5.18. The van der Waals surface area contributed by atoms with Crippen molar-refractivity contribution in [2.24, 2.45) is 5.92 Å². The normalized spacial score (nSPS) is 19.3. The van der Waals surface area contributed by atoms with E-state index in [1.165, 1.54) is 6.07 Å². The van der Waals surface area contributed by atoms with E-state index in [0.29, 0.717) is 49.6 Å². The van der Waals surface area contributed by atoms with Crippen molar-refractivity contribution >= 4 is 11.8 Å². The number of benzene rings is 1. The number of rotatable bonds is 4. The van der Waals surface area contributed by atoms with Gasteiger partial charge in [0.25, 0.3) is 0 Å². The van der Waals surface area contributed by atoms with Crippen LogP contribution in [-0.4, -0.2) is 46.4 Å². The van der Waals surface area contributed by atoms with Gasteiger partial charge in [0.1, 0.15) is 17.3 Å². The molecule has 1 saturated heterocycles. The zero-order chi connectivity index (χ0) is 19.0. The highest BCUT2D eigenvalue weighted by molar-refractivity contribution is 5.89. The molecule has 140 valence electrons. The third-order valence-corrected chi connectivity index (χ3v) is 5.18. The first-order valence-electron chi connectivity index (χ1n) is 8.98. The summed E-state index contributed by atoms with van der Waals surface area (Å²) in [5.41, 5.74) is 1.55. The molecule has 1 atom stereocenters. The summed E-state index contributed by atoms with van der Waals surface area (Å²) in [4.78, 5) is 28.3. The Labute approximate surface area is 156 Å². The van der Waals surface area contributed by atoms with Crippen LogP contribution in [0, 0.1) is 11.7 Å². The van der Waals surface area contributed by atoms with Crippen LogP contribution in [0.3, 0.4) is 0 Å². The van der Waals surface area contributed by atoms with E-state index in [1.54, 1.807) is 34.1 Å². The van der Waals surface area contributed by atoms with E-state index in [4.69, 9.17) is 4.52 Å². The predicted molar refractivity (Wildman–Crippen MR) is 95.9 cm³/mol. The Balaban J connectivity index is 1.54. The fourth-order valence-corrected chi connectivity index (χ4v) is 3.79. The van der Waals surface area contributed by atoms with Gasteiger partial charge in [-0.1, -0.05) is 23.4 Å². The van der Waals surface area contributed by atoms with Crippen LogP contribution < -0.4 is 0 Å². The van der Waals surface area contributed by atoms with Crippen molar-refractivity contribution in [2.45, 2.75) is 19.4 Å². The SMILES string of the molecule is C=CCN1C[C@H](C(=O)N2CCc3onc(-c4ccccc4F)c3C2)CC1=O. The Hall–Kier alpha value is -2.96. The Morgan fingerprint density at radius 2 is 2.22 bits per heavy atom. The van der Waals surface area contributed by atoms with Crippen LogP contribution in [0.1, 0.15) is 17.7 Å². The summed E-state index contributed by atoms with van der Waals surface area (Å²) in [6.45, 7) is 5.33. The molecule has 0 N–H and O–H groups in total. The number of carbonyl (C=O) groups is 2. The lowest BCUT2D eigenvalue weighted by Crippen LogP contribution is -2.40. The Kier molecular flexibility index (Phi) is 4.51. The predicted octanol–water partition coefficient (Wildman–Crippen LogP) is 2.40. The minimum absolute atomic E-state index is 0.0250. The van der Waals surface area contributed by atoms with E-state index in [-0.39, 0.29) is 30.0 Å². The average molecular weight is 369 g/mol. The quantitative estimate of drug-likeness (QED) is 0.777. The number of carbonyl (C=O) groups excluding carboxylic acids is 2. The largest absolute Gasteiger partial charge is 0.360 e. The van der Waals surface area contributed by atoms with Crippen molar-refractivity contribution in [2.75, 3.05) is 19.6 Å². The molecule has 1 aromatic heterocycles. The van der Waals surface area contributed by atoms with Crippen LogP contribution in [0.2, 0.25) is 0 Å². The van der Waals surface area contributed by atoms with Gasteiger partial charge in [-0.15, -0.1) is 6.58 Å². The first-order chi connectivity index (χ1) is 13.1. The van der Waals surface area contributed by atoms with Crippen LogP contribution in [0.5, 0.6) is 0 Å². The van der Waals surface area contributed by atoms with Crippen molar-refractivity contribution < 1.29 is 18.5 Å². The molecule has 2 aliphatic heterocycles. The molecule has 0 radical (unpaired) electrons. The second-order valence-electron chi connectivity index (χ2n) is 6.91. The van der Waals surface area contributed by atoms with E-state index in [2.05, 4.69) is 11.7 Å². The number of halogens is 1. The summed E-state index contributed by atoms with van der Waals surface area (Å²) in [5.74, 6) is -0.119. The number of hydrogen-bond donors (Lipinski definition) is 0. The van der Waals surface area contributed by atoms with Gasteiger partial charge in [-0.2, -0.15) is 0 Å². The van der Waals surface area contributed by atoms with Crippen LogP contribution in [-0.2, 0) is 22.6 Å². The molecular weight excluding hydrogens is 349 g/mol. The zero-order valence-corrected chi connectivity index (χ0v) is 14.9. The second-order valence-corrected chi connectivity index (χ2v) is 6.91. The second kappa shape index (κ2) is 6.98. The van der Waals surface area contributed by atoms with Crippen LogP contribution in [0.25, 0.3) is 11.3 Å². The molecule has 0 spiro atoms. The highest BCUT2D eigenvalue weighted by Crippen LogP contribution is 2.32. The number of hydrogen-bond acceptors (Lipinski definition) is 4. The number of amides is 2. The van der Waals surface area contributed by atoms with E-state index >= 15 is 0 Å². The monoisotopic (exact) mass is 369 g/mol. The van der Waals surface area contributed by atoms with Crippen molar-refractivity contribution in [3.05, 3.63) is 54.1 Å². The Morgan fingerprint density at radius 3 is 3.00 bits per heavy atom. The molecule has 0 aliphatic carbocycles. The first-order valence-corrected chi connectivity index (χ1v) is 8.98. The minimum Gasteiger partial charge on any atom is -0.360 e. The number of fused-ring (bicyclic) bond motifs is 1.